The number of hydrogen-bond donors (Lipinski definition) is 1. The van der Waals surface area contributed by atoms with Crippen LogP contribution in [-0.2, 0) is 16.6 Å². The highest BCUT2D eigenvalue weighted by Crippen LogP contribution is 2.24. The second-order valence-electron chi connectivity index (χ2n) is 6.99. The second kappa shape index (κ2) is 11.3. The lowest BCUT2D eigenvalue weighted by atomic mass is 10.2. The number of guanidine groups is 1. The Balaban J connectivity index is 0.00000320. The largest absolute Gasteiger partial charge is 0.368 e. The van der Waals surface area contributed by atoms with Crippen molar-refractivity contribution in [2.75, 3.05) is 51.7 Å². The molecule has 1 aliphatic rings. The van der Waals surface area contributed by atoms with Crippen LogP contribution >= 0.6 is 35.3 Å². The molecule has 0 atom stereocenters. The second-order valence-corrected chi connectivity index (χ2v) is 10.5. The van der Waals surface area contributed by atoms with Gasteiger partial charge < -0.3 is 15.1 Å². The van der Waals surface area contributed by atoms with Crippen molar-refractivity contribution in [3.05, 3.63) is 47.3 Å². The summed E-state index contributed by atoms with van der Waals surface area (Å²) in [6.07, 6.45) is 0. The van der Waals surface area contributed by atoms with Crippen molar-refractivity contribution in [3.63, 3.8) is 0 Å². The van der Waals surface area contributed by atoms with Gasteiger partial charge in [0.2, 0.25) is 0 Å². The molecule has 0 amide bonds. The Morgan fingerprint density at radius 1 is 1.10 bits per heavy atom. The average molecular weight is 564 g/mol. The number of hydrogen-bond acceptors (Lipinski definition) is 5. The normalized spacial score (nSPS) is 15.3. The van der Waals surface area contributed by atoms with Crippen LogP contribution in [0.2, 0.25) is 0 Å². The highest BCUT2D eigenvalue weighted by atomic mass is 127. The molecule has 0 spiro atoms. The molecule has 30 heavy (non-hydrogen) atoms. The number of halogens is 1. The summed E-state index contributed by atoms with van der Waals surface area (Å²) < 4.78 is 26.1. The number of rotatable bonds is 6. The summed E-state index contributed by atoms with van der Waals surface area (Å²) in [5, 5.41) is 3.37. The maximum Gasteiger partial charge on any atom is 0.252 e. The topological polar surface area (TPSA) is 68.2 Å². The zero-order chi connectivity index (χ0) is 20.9. The van der Waals surface area contributed by atoms with Gasteiger partial charge in [0.05, 0.1) is 6.54 Å². The van der Waals surface area contributed by atoms with E-state index in [4.69, 9.17) is 4.99 Å². The number of aliphatic imine (C=N–C) groups is 1. The lowest BCUT2D eigenvalue weighted by Crippen LogP contribution is -2.52. The summed E-state index contributed by atoms with van der Waals surface area (Å²) in [7, 11) is -0.292. The molecule has 1 saturated heterocycles. The number of piperazine rings is 1. The lowest BCUT2D eigenvalue weighted by molar-refractivity contribution is 0.372. The van der Waals surface area contributed by atoms with Crippen LogP contribution in [0.25, 0.3) is 0 Å². The maximum absolute atomic E-state index is 12.3. The first-order chi connectivity index (χ1) is 13.9. The van der Waals surface area contributed by atoms with E-state index in [2.05, 4.69) is 46.3 Å². The number of para-hydroxylation sites is 1. The summed E-state index contributed by atoms with van der Waals surface area (Å²) >= 11 is 1.28. The van der Waals surface area contributed by atoms with Gasteiger partial charge in [-0.15, -0.1) is 35.3 Å². The summed E-state index contributed by atoms with van der Waals surface area (Å²) in [6, 6.07) is 14.0. The van der Waals surface area contributed by atoms with Crippen molar-refractivity contribution in [2.45, 2.75) is 17.7 Å². The third-order valence-corrected chi connectivity index (χ3v) is 8.14. The van der Waals surface area contributed by atoms with E-state index in [1.54, 1.807) is 20.2 Å². The SMILES string of the molecule is CCNC(=NCc1ccc(S(=O)(=O)N(C)C)s1)N1CCN(c2ccccc2)CC1.I. The van der Waals surface area contributed by atoms with Gasteiger partial charge in [0, 0.05) is 57.4 Å². The van der Waals surface area contributed by atoms with Crippen LogP contribution in [0.5, 0.6) is 0 Å². The maximum atomic E-state index is 12.3. The molecule has 1 N–H and O–H groups in total. The van der Waals surface area contributed by atoms with Crippen LogP contribution < -0.4 is 10.2 Å². The molecular weight excluding hydrogens is 533 g/mol. The van der Waals surface area contributed by atoms with E-state index >= 15 is 0 Å². The first-order valence-electron chi connectivity index (χ1n) is 9.76. The molecule has 2 heterocycles. The Kier molecular flexibility index (Phi) is 9.38. The molecule has 0 bridgehead atoms. The van der Waals surface area contributed by atoms with E-state index in [-0.39, 0.29) is 24.0 Å². The Bertz CT molecular complexity index is 924. The molecule has 10 heteroatoms. The van der Waals surface area contributed by atoms with Gasteiger partial charge in [-0.3, -0.25) is 0 Å². The minimum Gasteiger partial charge on any atom is -0.368 e. The molecule has 1 aromatic heterocycles. The zero-order valence-corrected chi connectivity index (χ0v) is 21.6. The zero-order valence-electron chi connectivity index (χ0n) is 17.6. The van der Waals surface area contributed by atoms with Crippen molar-refractivity contribution in [2.24, 2.45) is 4.99 Å². The van der Waals surface area contributed by atoms with E-state index in [9.17, 15) is 8.42 Å². The fraction of sp³-hybridized carbons (Fsp3) is 0.450. The van der Waals surface area contributed by atoms with Crippen molar-refractivity contribution in [3.8, 4) is 0 Å². The van der Waals surface area contributed by atoms with Crippen LogP contribution in [-0.4, -0.2) is 70.4 Å². The van der Waals surface area contributed by atoms with Crippen molar-refractivity contribution < 1.29 is 8.42 Å². The molecule has 0 aliphatic carbocycles. The van der Waals surface area contributed by atoms with Gasteiger partial charge >= 0.3 is 0 Å². The molecule has 0 radical (unpaired) electrons. The quantitative estimate of drug-likeness (QED) is 0.333. The van der Waals surface area contributed by atoms with Crippen LogP contribution in [0, 0.1) is 0 Å². The number of sulfonamides is 1. The smallest absolute Gasteiger partial charge is 0.252 e. The van der Waals surface area contributed by atoms with Crippen LogP contribution in [0.15, 0.2) is 51.7 Å². The molecule has 0 saturated carbocycles. The van der Waals surface area contributed by atoms with Gasteiger partial charge in [-0.1, -0.05) is 18.2 Å². The Morgan fingerprint density at radius 3 is 2.37 bits per heavy atom. The van der Waals surface area contributed by atoms with Gasteiger partial charge in [0.25, 0.3) is 10.0 Å². The fourth-order valence-electron chi connectivity index (χ4n) is 3.16. The average Bonchev–Trinajstić information content (AvgIpc) is 3.22. The number of benzene rings is 1. The Labute approximate surface area is 200 Å². The summed E-state index contributed by atoms with van der Waals surface area (Å²) in [4.78, 5) is 10.4. The molecular formula is C20H30IN5O2S2. The highest BCUT2D eigenvalue weighted by Gasteiger charge is 2.21. The summed E-state index contributed by atoms with van der Waals surface area (Å²) in [5.41, 5.74) is 1.25. The molecule has 2 aromatic rings. The third-order valence-electron chi connectivity index (χ3n) is 4.79. The number of nitrogens with one attached hydrogen (secondary N) is 1. The van der Waals surface area contributed by atoms with E-state index in [0.717, 1.165) is 43.6 Å². The highest BCUT2D eigenvalue weighted by molar-refractivity contribution is 14.0. The van der Waals surface area contributed by atoms with Crippen molar-refractivity contribution in [1.82, 2.24) is 14.5 Å². The van der Waals surface area contributed by atoms with Gasteiger partial charge in [0.15, 0.2) is 5.96 Å². The van der Waals surface area contributed by atoms with Crippen molar-refractivity contribution in [1.29, 1.82) is 0 Å². The minimum absolute atomic E-state index is 0. The van der Waals surface area contributed by atoms with E-state index in [1.807, 2.05) is 12.1 Å². The van der Waals surface area contributed by atoms with Gasteiger partial charge in [0.1, 0.15) is 4.21 Å². The first kappa shape index (κ1) is 24.9. The predicted octanol–water partition coefficient (Wildman–Crippen LogP) is 2.90. The number of thiophene rings is 1. The lowest BCUT2D eigenvalue weighted by Gasteiger charge is -2.37. The predicted molar refractivity (Wildman–Crippen MR) is 136 cm³/mol. The molecule has 3 rings (SSSR count). The monoisotopic (exact) mass is 563 g/mol. The van der Waals surface area contributed by atoms with Crippen LogP contribution in [0.4, 0.5) is 5.69 Å². The first-order valence-corrected chi connectivity index (χ1v) is 12.0. The standard InChI is InChI=1S/C20H29N5O2S2.HI/c1-4-21-20(22-16-18-10-11-19(28-18)29(26,27)23(2)3)25-14-12-24(13-15-25)17-8-6-5-7-9-17;/h5-11H,4,12-16H2,1-3H3,(H,21,22);1H. The van der Waals surface area contributed by atoms with Crippen LogP contribution in [0.1, 0.15) is 11.8 Å². The summed E-state index contributed by atoms with van der Waals surface area (Å²) in [5.74, 6) is 0.880. The number of nitrogens with zero attached hydrogens (tertiary/aromatic N) is 4. The Hall–Kier alpha value is -1.37. The van der Waals surface area contributed by atoms with Gasteiger partial charge in [-0.05, 0) is 31.2 Å². The molecule has 1 aromatic carbocycles. The molecule has 7 nitrogen and oxygen atoms in total. The molecule has 166 valence electrons. The Morgan fingerprint density at radius 2 is 1.77 bits per heavy atom. The van der Waals surface area contributed by atoms with Crippen molar-refractivity contribution >= 4 is 57.0 Å². The summed E-state index contributed by atoms with van der Waals surface area (Å²) in [6.45, 7) is 6.99. The van der Waals surface area contributed by atoms with E-state index < -0.39 is 10.0 Å². The van der Waals surface area contributed by atoms with Crippen LogP contribution in [0.3, 0.4) is 0 Å². The number of anilines is 1. The third kappa shape index (κ3) is 6.08. The van der Waals surface area contributed by atoms with Gasteiger partial charge in [-0.25, -0.2) is 17.7 Å². The molecule has 0 unspecified atom stereocenters. The molecule has 1 aliphatic heterocycles. The molecule has 1 fully saturated rings. The van der Waals surface area contributed by atoms with Gasteiger partial charge in [-0.2, -0.15) is 0 Å². The minimum atomic E-state index is -3.39. The fourth-order valence-corrected chi connectivity index (χ4v) is 5.60. The van der Waals surface area contributed by atoms with E-state index in [0.29, 0.717) is 10.8 Å². The van der Waals surface area contributed by atoms with E-state index in [1.165, 1.54) is 21.3 Å².